The number of nitrogens with one attached hydrogen (secondary N) is 1. The smallest absolute Gasteiger partial charge is 0.293 e. The van der Waals surface area contributed by atoms with Crippen molar-refractivity contribution in [2.45, 2.75) is 13.8 Å². The van der Waals surface area contributed by atoms with Gasteiger partial charge in [0.05, 0.1) is 4.88 Å². The molecule has 0 aliphatic heterocycles. The van der Waals surface area contributed by atoms with Crippen molar-refractivity contribution in [3.8, 4) is 10.7 Å². The SMILES string of the molecule is Cc1ccc2oc(C(=O)Nc3nc(-c4cccs4)ns3)c(C)c2c1. The third kappa shape index (κ3) is 2.61. The molecule has 4 rings (SSSR count). The number of amides is 1. The average Bonchev–Trinajstić information content (AvgIpc) is 3.28. The fourth-order valence-electron chi connectivity index (χ4n) is 2.49. The standard InChI is InChI=1S/C17H13N3O2S2/c1-9-5-6-12-11(8-9)10(2)14(22-12)16(21)19-17-18-15(20-24-17)13-4-3-7-23-13/h3-8H,1-2H3,(H,18,19,20,21). The number of furan rings is 1. The Labute approximate surface area is 146 Å². The first-order valence-corrected chi connectivity index (χ1v) is 8.96. The van der Waals surface area contributed by atoms with E-state index in [1.54, 1.807) is 11.3 Å². The zero-order valence-electron chi connectivity index (χ0n) is 13.0. The molecule has 7 heteroatoms. The van der Waals surface area contributed by atoms with E-state index >= 15 is 0 Å². The van der Waals surface area contributed by atoms with E-state index in [4.69, 9.17) is 4.42 Å². The van der Waals surface area contributed by atoms with E-state index in [0.29, 0.717) is 22.3 Å². The Kier molecular flexibility index (Phi) is 3.66. The van der Waals surface area contributed by atoms with Crippen LogP contribution in [0.2, 0.25) is 0 Å². The van der Waals surface area contributed by atoms with E-state index in [1.807, 2.05) is 49.6 Å². The Morgan fingerprint density at radius 3 is 2.92 bits per heavy atom. The second kappa shape index (κ2) is 5.85. The van der Waals surface area contributed by atoms with Gasteiger partial charge in [-0.15, -0.1) is 11.3 Å². The lowest BCUT2D eigenvalue weighted by molar-refractivity contribution is 0.0998. The second-order valence-corrected chi connectivity index (χ2v) is 7.11. The Morgan fingerprint density at radius 2 is 2.12 bits per heavy atom. The van der Waals surface area contributed by atoms with Crippen LogP contribution < -0.4 is 5.32 Å². The molecular formula is C17H13N3O2S2. The van der Waals surface area contributed by atoms with Crippen LogP contribution in [0.1, 0.15) is 21.7 Å². The van der Waals surface area contributed by atoms with Crippen molar-refractivity contribution >= 4 is 44.9 Å². The van der Waals surface area contributed by atoms with Gasteiger partial charge in [-0.3, -0.25) is 10.1 Å². The number of aromatic nitrogens is 2. The van der Waals surface area contributed by atoms with Gasteiger partial charge in [0.1, 0.15) is 5.58 Å². The highest BCUT2D eigenvalue weighted by molar-refractivity contribution is 7.14. The summed E-state index contributed by atoms with van der Waals surface area (Å²) in [6, 6.07) is 9.76. The van der Waals surface area contributed by atoms with Crippen molar-refractivity contribution in [2.75, 3.05) is 5.32 Å². The van der Waals surface area contributed by atoms with Gasteiger partial charge in [-0.25, -0.2) is 0 Å². The number of benzene rings is 1. The van der Waals surface area contributed by atoms with Crippen LogP contribution in [-0.4, -0.2) is 15.3 Å². The highest BCUT2D eigenvalue weighted by Crippen LogP contribution is 2.28. The highest BCUT2D eigenvalue weighted by atomic mass is 32.1. The number of aryl methyl sites for hydroxylation is 2. The van der Waals surface area contributed by atoms with Gasteiger partial charge in [0.25, 0.3) is 5.91 Å². The number of carbonyl (C=O) groups excluding carboxylic acids is 1. The topological polar surface area (TPSA) is 68.0 Å². The molecule has 0 radical (unpaired) electrons. The number of nitrogens with zero attached hydrogens (tertiary/aromatic N) is 2. The minimum Gasteiger partial charge on any atom is -0.451 e. The molecule has 0 aliphatic rings. The van der Waals surface area contributed by atoms with Gasteiger partial charge in [0, 0.05) is 22.5 Å². The summed E-state index contributed by atoms with van der Waals surface area (Å²) in [6.45, 7) is 3.90. The van der Waals surface area contributed by atoms with Gasteiger partial charge in [-0.1, -0.05) is 17.7 Å². The molecule has 3 aromatic heterocycles. The normalized spacial score (nSPS) is 11.1. The van der Waals surface area contributed by atoms with Crippen LogP contribution in [0.3, 0.4) is 0 Å². The molecule has 5 nitrogen and oxygen atoms in total. The Morgan fingerprint density at radius 1 is 1.25 bits per heavy atom. The molecule has 0 fully saturated rings. The molecule has 1 amide bonds. The third-order valence-corrected chi connectivity index (χ3v) is 5.18. The minimum absolute atomic E-state index is 0.309. The lowest BCUT2D eigenvalue weighted by Gasteiger charge is -1.98. The molecule has 0 atom stereocenters. The second-order valence-electron chi connectivity index (χ2n) is 5.41. The number of thiophene rings is 1. The summed E-state index contributed by atoms with van der Waals surface area (Å²) in [4.78, 5) is 17.9. The van der Waals surface area contributed by atoms with E-state index in [2.05, 4.69) is 14.7 Å². The predicted molar refractivity (Wildman–Crippen MR) is 96.9 cm³/mol. The quantitative estimate of drug-likeness (QED) is 0.568. The fraction of sp³-hybridized carbons (Fsp3) is 0.118. The number of anilines is 1. The van der Waals surface area contributed by atoms with Crippen LogP contribution in [0.25, 0.3) is 21.7 Å². The van der Waals surface area contributed by atoms with Crippen molar-refractivity contribution < 1.29 is 9.21 Å². The maximum Gasteiger partial charge on any atom is 0.293 e. The summed E-state index contributed by atoms with van der Waals surface area (Å²) >= 11 is 2.72. The zero-order chi connectivity index (χ0) is 16.7. The molecule has 1 N–H and O–H groups in total. The number of hydrogen-bond donors (Lipinski definition) is 1. The number of rotatable bonds is 3. The van der Waals surface area contributed by atoms with E-state index in [-0.39, 0.29) is 5.91 Å². The largest absolute Gasteiger partial charge is 0.451 e. The maximum atomic E-state index is 12.5. The molecule has 3 heterocycles. The van der Waals surface area contributed by atoms with Crippen molar-refractivity contribution in [1.29, 1.82) is 0 Å². The first-order chi connectivity index (χ1) is 11.6. The number of carbonyl (C=O) groups is 1. The van der Waals surface area contributed by atoms with E-state index in [9.17, 15) is 4.79 Å². The number of fused-ring (bicyclic) bond motifs is 1. The molecule has 0 bridgehead atoms. The summed E-state index contributed by atoms with van der Waals surface area (Å²) < 4.78 is 9.99. The summed E-state index contributed by atoms with van der Waals surface area (Å²) in [7, 11) is 0. The van der Waals surface area contributed by atoms with Crippen LogP contribution in [0.15, 0.2) is 40.1 Å². The summed E-state index contributed by atoms with van der Waals surface area (Å²) in [6.07, 6.45) is 0. The zero-order valence-corrected chi connectivity index (χ0v) is 14.6. The monoisotopic (exact) mass is 355 g/mol. The molecular weight excluding hydrogens is 342 g/mol. The van der Waals surface area contributed by atoms with Gasteiger partial charge < -0.3 is 4.42 Å². The van der Waals surface area contributed by atoms with Gasteiger partial charge in [-0.2, -0.15) is 9.36 Å². The number of hydrogen-bond acceptors (Lipinski definition) is 6. The Bertz CT molecular complexity index is 1030. The van der Waals surface area contributed by atoms with Gasteiger partial charge in [0.15, 0.2) is 11.6 Å². The predicted octanol–water partition coefficient (Wildman–Crippen LogP) is 4.88. The molecule has 24 heavy (non-hydrogen) atoms. The van der Waals surface area contributed by atoms with Crippen LogP contribution in [0.4, 0.5) is 5.13 Å². The van der Waals surface area contributed by atoms with E-state index < -0.39 is 0 Å². The van der Waals surface area contributed by atoms with Crippen molar-refractivity contribution in [3.05, 3.63) is 52.6 Å². The molecule has 0 unspecified atom stereocenters. The minimum atomic E-state index is -0.310. The molecule has 1 aromatic carbocycles. The van der Waals surface area contributed by atoms with Crippen LogP contribution in [-0.2, 0) is 0 Å². The molecule has 0 aliphatic carbocycles. The van der Waals surface area contributed by atoms with Gasteiger partial charge >= 0.3 is 0 Å². The van der Waals surface area contributed by atoms with Crippen LogP contribution in [0.5, 0.6) is 0 Å². The van der Waals surface area contributed by atoms with E-state index in [1.165, 1.54) is 0 Å². The summed E-state index contributed by atoms with van der Waals surface area (Å²) in [5, 5.41) is 6.15. The molecule has 4 aromatic rings. The van der Waals surface area contributed by atoms with Crippen molar-refractivity contribution in [2.24, 2.45) is 0 Å². The Hall–Kier alpha value is -2.51. The molecule has 120 valence electrons. The Balaban J connectivity index is 1.62. The molecule has 0 spiro atoms. The first-order valence-electron chi connectivity index (χ1n) is 7.30. The lowest BCUT2D eigenvalue weighted by Crippen LogP contribution is -2.11. The first kappa shape index (κ1) is 15.0. The fourth-order valence-corrected chi connectivity index (χ4v) is 3.78. The highest BCUT2D eigenvalue weighted by Gasteiger charge is 2.19. The maximum absolute atomic E-state index is 12.5. The van der Waals surface area contributed by atoms with Gasteiger partial charge in [0.2, 0.25) is 5.13 Å². The van der Waals surface area contributed by atoms with Crippen molar-refractivity contribution in [1.82, 2.24) is 9.36 Å². The molecule has 0 saturated heterocycles. The van der Waals surface area contributed by atoms with E-state index in [0.717, 1.165) is 32.9 Å². The van der Waals surface area contributed by atoms with Crippen LogP contribution in [0, 0.1) is 13.8 Å². The third-order valence-electron chi connectivity index (χ3n) is 3.69. The van der Waals surface area contributed by atoms with Crippen LogP contribution >= 0.6 is 22.9 Å². The summed E-state index contributed by atoms with van der Waals surface area (Å²) in [5.74, 6) is 0.626. The average molecular weight is 355 g/mol. The lowest BCUT2D eigenvalue weighted by atomic mass is 10.1. The van der Waals surface area contributed by atoms with Gasteiger partial charge in [-0.05, 0) is 37.4 Å². The van der Waals surface area contributed by atoms with Crippen molar-refractivity contribution in [3.63, 3.8) is 0 Å². The summed E-state index contributed by atoms with van der Waals surface area (Å²) in [5.41, 5.74) is 2.66. The molecule has 0 saturated carbocycles.